The third kappa shape index (κ3) is 4.89. The average molecular weight is 728 g/mol. The maximum atomic E-state index is 5.41. The summed E-state index contributed by atoms with van der Waals surface area (Å²) in [4.78, 5) is 10.6. The van der Waals surface area contributed by atoms with Gasteiger partial charge in [0.15, 0.2) is 5.82 Å². The van der Waals surface area contributed by atoms with Gasteiger partial charge in [0.25, 0.3) is 0 Å². The van der Waals surface area contributed by atoms with E-state index >= 15 is 0 Å². The fourth-order valence-electron chi connectivity index (χ4n) is 8.86. The highest BCUT2D eigenvalue weighted by Gasteiger charge is 2.19. The fourth-order valence-corrected chi connectivity index (χ4v) is 8.86. The molecule has 0 unspecified atom stereocenters. The van der Waals surface area contributed by atoms with Crippen molar-refractivity contribution in [2.24, 2.45) is 0 Å². The van der Waals surface area contributed by atoms with Crippen LogP contribution in [0.25, 0.3) is 105 Å². The minimum atomic E-state index is 0.701. The van der Waals surface area contributed by atoms with Crippen LogP contribution in [0.15, 0.2) is 200 Å². The second kappa shape index (κ2) is 12.4. The number of para-hydroxylation sites is 5. The number of benzene rings is 8. The average Bonchev–Trinajstić information content (AvgIpc) is 3.95. The molecule has 0 N–H and O–H groups in total. The van der Waals surface area contributed by atoms with Crippen molar-refractivity contribution in [1.29, 1.82) is 0 Å². The molecular formula is C52H33N5. The van der Waals surface area contributed by atoms with Crippen molar-refractivity contribution in [3.63, 3.8) is 0 Å². The van der Waals surface area contributed by atoms with Gasteiger partial charge in [-0.25, -0.2) is 9.97 Å². The van der Waals surface area contributed by atoms with Gasteiger partial charge in [0.05, 0.1) is 38.8 Å². The summed E-state index contributed by atoms with van der Waals surface area (Å²) >= 11 is 0. The highest BCUT2D eigenvalue weighted by atomic mass is 15.0. The van der Waals surface area contributed by atoms with Crippen LogP contribution in [0.1, 0.15) is 0 Å². The van der Waals surface area contributed by atoms with E-state index in [-0.39, 0.29) is 0 Å². The zero-order valence-corrected chi connectivity index (χ0v) is 30.8. The lowest BCUT2D eigenvalue weighted by Crippen LogP contribution is -1.96. The van der Waals surface area contributed by atoms with Gasteiger partial charge in [-0.3, -0.25) is 0 Å². The van der Waals surface area contributed by atoms with Crippen LogP contribution in [0.2, 0.25) is 0 Å². The molecule has 0 aliphatic heterocycles. The summed E-state index contributed by atoms with van der Waals surface area (Å²) in [7, 11) is 0. The van der Waals surface area contributed by atoms with E-state index in [1.54, 1.807) is 0 Å². The second-order valence-corrected chi connectivity index (χ2v) is 14.7. The third-order valence-corrected chi connectivity index (χ3v) is 11.4. The van der Waals surface area contributed by atoms with E-state index in [1.807, 2.05) is 0 Å². The van der Waals surface area contributed by atoms with E-state index in [9.17, 15) is 0 Å². The Morgan fingerprint density at radius 1 is 0.333 bits per heavy atom. The van der Waals surface area contributed by atoms with E-state index < -0.39 is 0 Å². The summed E-state index contributed by atoms with van der Waals surface area (Å²) in [6.07, 6.45) is 2.17. The molecule has 0 amide bonds. The van der Waals surface area contributed by atoms with Crippen LogP contribution in [0.4, 0.5) is 0 Å². The quantitative estimate of drug-likeness (QED) is 0.177. The van der Waals surface area contributed by atoms with Gasteiger partial charge in [-0.1, -0.05) is 97.1 Å². The van der Waals surface area contributed by atoms with Gasteiger partial charge in [0.2, 0.25) is 0 Å². The van der Waals surface area contributed by atoms with Crippen molar-refractivity contribution in [3.05, 3.63) is 200 Å². The molecule has 0 saturated heterocycles. The molecule has 12 aromatic rings. The topological polar surface area (TPSA) is 40.6 Å². The summed E-state index contributed by atoms with van der Waals surface area (Å²) in [6, 6.07) is 69.1. The van der Waals surface area contributed by atoms with Gasteiger partial charge >= 0.3 is 0 Å². The maximum Gasteiger partial charge on any atom is 0.160 e. The van der Waals surface area contributed by atoms with Gasteiger partial charge < -0.3 is 13.7 Å². The molecule has 0 atom stereocenters. The molecule has 5 nitrogen and oxygen atoms in total. The monoisotopic (exact) mass is 727 g/mol. The summed E-state index contributed by atoms with van der Waals surface area (Å²) < 4.78 is 7.00. The molecule has 4 aromatic heterocycles. The first-order valence-corrected chi connectivity index (χ1v) is 19.3. The highest BCUT2D eigenvalue weighted by Crippen LogP contribution is 2.40. The molecule has 0 spiro atoms. The molecule has 0 fully saturated rings. The minimum absolute atomic E-state index is 0.701. The van der Waals surface area contributed by atoms with E-state index in [4.69, 9.17) is 9.97 Å². The molecule has 0 bridgehead atoms. The molecule has 5 heteroatoms. The van der Waals surface area contributed by atoms with Crippen molar-refractivity contribution >= 4 is 65.4 Å². The zero-order valence-electron chi connectivity index (χ0n) is 30.8. The Bertz CT molecular complexity index is 3500. The Hall–Kier alpha value is -7.76. The van der Waals surface area contributed by atoms with Gasteiger partial charge in [-0.2, -0.15) is 0 Å². The van der Waals surface area contributed by atoms with Gasteiger partial charge in [0.1, 0.15) is 0 Å². The molecule has 0 radical (unpaired) electrons. The molecule has 0 aliphatic rings. The van der Waals surface area contributed by atoms with Crippen LogP contribution >= 0.6 is 0 Å². The van der Waals surface area contributed by atoms with Gasteiger partial charge in [-0.15, -0.1) is 0 Å². The van der Waals surface area contributed by atoms with Crippen molar-refractivity contribution in [1.82, 2.24) is 23.7 Å². The van der Waals surface area contributed by atoms with Crippen molar-refractivity contribution in [3.8, 4) is 39.7 Å². The van der Waals surface area contributed by atoms with E-state index in [0.29, 0.717) is 5.82 Å². The first-order chi connectivity index (χ1) is 28.3. The number of hydrogen-bond donors (Lipinski definition) is 0. The summed E-state index contributed by atoms with van der Waals surface area (Å²) in [5, 5.41) is 6.96. The number of nitrogens with zero attached hydrogens (tertiary/aromatic N) is 5. The van der Waals surface area contributed by atoms with Crippen LogP contribution < -0.4 is 0 Å². The molecule has 8 aromatic carbocycles. The Balaban J connectivity index is 1.08. The Morgan fingerprint density at radius 2 is 0.877 bits per heavy atom. The predicted octanol–water partition coefficient (Wildman–Crippen LogP) is 13.1. The Kier molecular flexibility index (Phi) is 6.86. The van der Waals surface area contributed by atoms with Crippen LogP contribution in [0, 0.1) is 0 Å². The number of aromatic nitrogens is 5. The normalized spacial score (nSPS) is 11.9. The Morgan fingerprint density at radius 3 is 1.61 bits per heavy atom. The summed E-state index contributed by atoms with van der Waals surface area (Å²) in [6.45, 7) is 0. The van der Waals surface area contributed by atoms with Gasteiger partial charge in [0, 0.05) is 66.7 Å². The third-order valence-electron chi connectivity index (χ3n) is 11.4. The van der Waals surface area contributed by atoms with Crippen LogP contribution in [0.5, 0.6) is 0 Å². The summed E-state index contributed by atoms with van der Waals surface area (Å²) in [5.41, 5.74) is 13.1. The fraction of sp³-hybridized carbons (Fsp3) is 0. The van der Waals surface area contributed by atoms with Crippen molar-refractivity contribution in [2.75, 3.05) is 0 Å². The SMILES string of the molecule is c1ccc(-n2ccc3cc4c(cc32)c2cc(-c3nc(-c5ccc6c(c5)c5ccccc5n6-c5ccccc5)c5ccccc5n3)ccc2n4-c2ccccc2)cc1. The predicted molar refractivity (Wildman–Crippen MR) is 236 cm³/mol. The largest absolute Gasteiger partial charge is 0.317 e. The molecule has 0 aliphatic carbocycles. The van der Waals surface area contributed by atoms with Crippen LogP contribution in [-0.4, -0.2) is 23.7 Å². The zero-order chi connectivity index (χ0) is 37.5. The maximum absolute atomic E-state index is 5.41. The molecule has 57 heavy (non-hydrogen) atoms. The highest BCUT2D eigenvalue weighted by molar-refractivity contribution is 6.15. The molecule has 0 saturated carbocycles. The number of fused-ring (bicyclic) bond motifs is 8. The van der Waals surface area contributed by atoms with Crippen molar-refractivity contribution < 1.29 is 0 Å². The lowest BCUT2D eigenvalue weighted by molar-refractivity contribution is 1.13. The molecule has 266 valence electrons. The first kappa shape index (κ1) is 31.6. The van der Waals surface area contributed by atoms with E-state index in [0.717, 1.165) is 66.7 Å². The smallest absolute Gasteiger partial charge is 0.160 e. The second-order valence-electron chi connectivity index (χ2n) is 14.7. The lowest BCUT2D eigenvalue weighted by Gasteiger charge is -2.11. The Labute approximate surface area is 328 Å². The number of hydrogen-bond acceptors (Lipinski definition) is 2. The van der Waals surface area contributed by atoms with E-state index in [1.165, 1.54) is 32.6 Å². The van der Waals surface area contributed by atoms with Crippen molar-refractivity contribution in [2.45, 2.75) is 0 Å². The molecular weight excluding hydrogens is 695 g/mol. The standard InChI is InChI=1S/C52H33N5/c1-4-14-37(15-5-1)55-29-28-34-32-50-44(33-49(34)55)43-31-36(25-27-48(43)57(50)39-18-8-3-9-19-39)52-53-45-22-12-10-21-41(45)51(54-52)35-24-26-47-42(30-35)40-20-11-13-23-46(40)56(47)38-16-6-2-7-17-38/h1-33H. The molecule has 4 heterocycles. The molecule has 12 rings (SSSR count). The number of rotatable bonds is 5. The lowest BCUT2D eigenvalue weighted by atomic mass is 10.0. The van der Waals surface area contributed by atoms with Crippen LogP contribution in [-0.2, 0) is 0 Å². The summed E-state index contributed by atoms with van der Waals surface area (Å²) in [5.74, 6) is 0.701. The van der Waals surface area contributed by atoms with Crippen LogP contribution in [0.3, 0.4) is 0 Å². The van der Waals surface area contributed by atoms with Gasteiger partial charge in [-0.05, 0) is 97.1 Å². The minimum Gasteiger partial charge on any atom is -0.317 e. The first-order valence-electron chi connectivity index (χ1n) is 19.3. The van der Waals surface area contributed by atoms with E-state index in [2.05, 4.69) is 214 Å².